The summed E-state index contributed by atoms with van der Waals surface area (Å²) in [7, 11) is -0.591. The molecule has 1 unspecified atom stereocenters. The maximum Gasteiger partial charge on any atom is 0.210 e. The number of ether oxygens (including phenoxy) is 2. The normalized spacial score (nSPS) is 17.2. The molecule has 0 N–H and O–H groups in total. The van der Waals surface area contributed by atoms with Gasteiger partial charge >= 0.3 is 0 Å². The Balaban J connectivity index is 2.01. The van der Waals surface area contributed by atoms with Crippen molar-refractivity contribution in [1.29, 1.82) is 0 Å². The van der Waals surface area contributed by atoms with Crippen molar-refractivity contribution in [2.75, 3.05) is 32.2 Å². The van der Waals surface area contributed by atoms with Gasteiger partial charge in [-0.25, -0.2) is 8.42 Å². The minimum atomic E-state index is -3.74. The van der Waals surface area contributed by atoms with Crippen LogP contribution in [-0.2, 0) is 9.84 Å². The van der Waals surface area contributed by atoms with Crippen LogP contribution >= 0.6 is 0 Å². The van der Waals surface area contributed by atoms with Crippen LogP contribution in [0.2, 0.25) is 0 Å². The highest BCUT2D eigenvalue weighted by atomic mass is 32.2. The average molecular weight is 427 g/mol. The highest BCUT2D eigenvalue weighted by Gasteiger charge is 2.29. The van der Waals surface area contributed by atoms with E-state index >= 15 is 0 Å². The largest absolute Gasteiger partial charge is 0.493 e. The summed E-state index contributed by atoms with van der Waals surface area (Å²) < 4.78 is 38.1. The van der Waals surface area contributed by atoms with E-state index in [2.05, 4.69) is 16.8 Å². The Morgan fingerprint density at radius 1 is 1.07 bits per heavy atom. The number of benzene rings is 2. The molecule has 0 spiro atoms. The first kappa shape index (κ1) is 20.5. The summed E-state index contributed by atoms with van der Waals surface area (Å²) in [5, 5.41) is 0.749. The third-order valence-electron chi connectivity index (χ3n) is 5.63. The summed E-state index contributed by atoms with van der Waals surface area (Å²) in [5.41, 5.74) is 1.37. The minimum absolute atomic E-state index is 0.225. The van der Waals surface area contributed by atoms with Crippen molar-refractivity contribution in [3.63, 3.8) is 0 Å². The van der Waals surface area contributed by atoms with E-state index in [0.717, 1.165) is 31.3 Å². The van der Waals surface area contributed by atoms with Crippen molar-refractivity contribution in [1.82, 2.24) is 4.98 Å². The van der Waals surface area contributed by atoms with Crippen LogP contribution < -0.4 is 14.4 Å². The zero-order chi connectivity index (χ0) is 21.3. The van der Waals surface area contributed by atoms with Crippen LogP contribution in [0.15, 0.2) is 58.5 Å². The van der Waals surface area contributed by atoms with Gasteiger partial charge in [-0.05, 0) is 37.0 Å². The molecule has 7 heteroatoms. The van der Waals surface area contributed by atoms with Gasteiger partial charge < -0.3 is 14.4 Å². The van der Waals surface area contributed by atoms with Crippen LogP contribution in [0.4, 0.5) is 5.69 Å². The lowest BCUT2D eigenvalue weighted by Crippen LogP contribution is -2.35. The molecule has 0 radical (unpaired) electrons. The van der Waals surface area contributed by atoms with Crippen molar-refractivity contribution in [3.8, 4) is 11.5 Å². The van der Waals surface area contributed by atoms with Crippen molar-refractivity contribution in [3.05, 3.63) is 48.7 Å². The molecule has 1 saturated heterocycles. The lowest BCUT2D eigenvalue weighted by atomic mass is 9.99. The van der Waals surface area contributed by atoms with Crippen LogP contribution in [0, 0.1) is 5.92 Å². The van der Waals surface area contributed by atoms with E-state index in [0.29, 0.717) is 28.6 Å². The molecule has 3 aromatic rings. The zero-order valence-corrected chi connectivity index (χ0v) is 18.3. The van der Waals surface area contributed by atoms with Crippen LogP contribution in [0.3, 0.4) is 0 Å². The van der Waals surface area contributed by atoms with Gasteiger partial charge in [0.2, 0.25) is 9.84 Å². The van der Waals surface area contributed by atoms with E-state index < -0.39 is 9.84 Å². The van der Waals surface area contributed by atoms with Gasteiger partial charge in [0, 0.05) is 30.7 Å². The number of nitrogens with zero attached hydrogens (tertiary/aromatic N) is 2. The third-order valence-corrected chi connectivity index (χ3v) is 7.40. The molecular weight excluding hydrogens is 400 g/mol. The number of rotatable bonds is 5. The fourth-order valence-corrected chi connectivity index (χ4v) is 5.58. The quantitative estimate of drug-likeness (QED) is 0.605. The van der Waals surface area contributed by atoms with Gasteiger partial charge in [-0.1, -0.05) is 25.1 Å². The van der Waals surface area contributed by atoms with E-state index in [1.165, 1.54) is 6.20 Å². The molecule has 1 aromatic heterocycles. The Bertz CT molecular complexity index is 1160. The zero-order valence-electron chi connectivity index (χ0n) is 17.5. The van der Waals surface area contributed by atoms with Gasteiger partial charge in [-0.15, -0.1) is 0 Å². The van der Waals surface area contributed by atoms with E-state index in [1.54, 1.807) is 44.6 Å². The number of anilines is 1. The predicted molar refractivity (Wildman–Crippen MR) is 117 cm³/mol. The first-order valence-electron chi connectivity index (χ1n) is 10.1. The molecule has 1 atom stereocenters. The predicted octanol–water partition coefficient (Wildman–Crippen LogP) is 4.32. The fourth-order valence-electron chi connectivity index (χ4n) is 4.13. The highest BCUT2D eigenvalue weighted by molar-refractivity contribution is 7.91. The van der Waals surface area contributed by atoms with Gasteiger partial charge in [0.05, 0.1) is 30.3 Å². The Hall–Kier alpha value is -2.80. The Labute approximate surface area is 177 Å². The molecular formula is C23H26N2O4S. The number of aromatic nitrogens is 1. The van der Waals surface area contributed by atoms with Gasteiger partial charge in [0.25, 0.3) is 0 Å². The SMILES string of the molecule is COc1cc2ncc(S(=O)(=O)c3ccccc3)c(N3CCCC(C)C3)c2cc1OC. The van der Waals surface area contributed by atoms with E-state index in [4.69, 9.17) is 9.47 Å². The molecule has 6 nitrogen and oxygen atoms in total. The van der Waals surface area contributed by atoms with E-state index in [9.17, 15) is 8.42 Å². The van der Waals surface area contributed by atoms with Crippen molar-refractivity contribution < 1.29 is 17.9 Å². The first-order valence-corrected chi connectivity index (χ1v) is 11.5. The van der Waals surface area contributed by atoms with Gasteiger partial charge in [-0.3, -0.25) is 4.98 Å². The summed E-state index contributed by atoms with van der Waals surface area (Å²) in [6, 6.07) is 12.1. The lowest BCUT2D eigenvalue weighted by Gasteiger charge is -2.34. The van der Waals surface area contributed by atoms with Crippen LogP contribution in [0.1, 0.15) is 19.8 Å². The molecule has 158 valence electrons. The fraction of sp³-hybridized carbons (Fsp3) is 0.348. The molecule has 0 amide bonds. The summed E-state index contributed by atoms with van der Waals surface area (Å²) in [6.07, 6.45) is 3.63. The maximum atomic E-state index is 13.6. The molecule has 1 fully saturated rings. The number of methoxy groups -OCH3 is 2. The Morgan fingerprint density at radius 3 is 2.43 bits per heavy atom. The molecule has 0 aliphatic carbocycles. The first-order chi connectivity index (χ1) is 14.5. The summed E-state index contributed by atoms with van der Waals surface area (Å²) in [4.78, 5) is 7.16. The second kappa shape index (κ2) is 8.14. The number of hydrogen-bond acceptors (Lipinski definition) is 6. The number of sulfone groups is 1. The molecule has 1 aliphatic heterocycles. The monoisotopic (exact) mass is 426 g/mol. The molecule has 0 saturated carbocycles. The Kier molecular flexibility index (Phi) is 5.56. The molecule has 4 rings (SSSR count). The van der Waals surface area contributed by atoms with E-state index in [-0.39, 0.29) is 9.79 Å². The standard InChI is InChI=1S/C23H26N2O4S/c1-16-8-7-11-25(15-16)23-18-12-20(28-2)21(29-3)13-19(18)24-14-22(23)30(26,27)17-9-5-4-6-10-17/h4-6,9-10,12-14,16H,7-8,11,15H2,1-3H3. The van der Waals surface area contributed by atoms with Gasteiger partial charge in [-0.2, -0.15) is 0 Å². The van der Waals surface area contributed by atoms with Crippen molar-refractivity contribution in [2.24, 2.45) is 5.92 Å². The van der Waals surface area contributed by atoms with Crippen LogP contribution in [0.5, 0.6) is 11.5 Å². The Morgan fingerprint density at radius 2 is 1.77 bits per heavy atom. The number of pyridine rings is 1. The van der Waals surface area contributed by atoms with E-state index in [1.807, 2.05) is 12.1 Å². The summed E-state index contributed by atoms with van der Waals surface area (Å²) >= 11 is 0. The smallest absolute Gasteiger partial charge is 0.210 e. The van der Waals surface area contributed by atoms with Crippen LogP contribution in [0.25, 0.3) is 10.9 Å². The number of piperidine rings is 1. The second-order valence-electron chi connectivity index (χ2n) is 7.71. The third kappa shape index (κ3) is 3.58. The molecule has 0 bridgehead atoms. The van der Waals surface area contributed by atoms with Gasteiger partial charge in [0.1, 0.15) is 4.90 Å². The summed E-state index contributed by atoms with van der Waals surface area (Å²) in [6.45, 7) is 3.80. The summed E-state index contributed by atoms with van der Waals surface area (Å²) in [5.74, 6) is 1.59. The second-order valence-corrected chi connectivity index (χ2v) is 9.62. The molecule has 2 aromatic carbocycles. The van der Waals surface area contributed by atoms with Crippen molar-refractivity contribution in [2.45, 2.75) is 29.6 Å². The number of hydrogen-bond donors (Lipinski definition) is 0. The highest BCUT2D eigenvalue weighted by Crippen LogP contribution is 2.41. The average Bonchev–Trinajstić information content (AvgIpc) is 2.77. The number of fused-ring (bicyclic) bond motifs is 1. The maximum absolute atomic E-state index is 13.6. The molecule has 1 aliphatic rings. The van der Waals surface area contributed by atoms with Gasteiger partial charge in [0.15, 0.2) is 11.5 Å². The molecule has 30 heavy (non-hydrogen) atoms. The molecule has 2 heterocycles. The minimum Gasteiger partial charge on any atom is -0.493 e. The van der Waals surface area contributed by atoms with Crippen LogP contribution in [-0.4, -0.2) is 40.7 Å². The van der Waals surface area contributed by atoms with Crippen molar-refractivity contribution >= 4 is 26.4 Å². The lowest BCUT2D eigenvalue weighted by molar-refractivity contribution is 0.355. The topological polar surface area (TPSA) is 68.7 Å².